The molecule has 0 aliphatic carbocycles. The van der Waals surface area contributed by atoms with Crippen LogP contribution in [0, 0.1) is 6.92 Å². The van der Waals surface area contributed by atoms with Crippen molar-refractivity contribution >= 4 is 17.9 Å². The summed E-state index contributed by atoms with van der Waals surface area (Å²) in [5, 5.41) is 13.2. The fraction of sp³-hybridized carbons (Fsp3) is 0.571. The number of aryl methyl sites for hydroxylation is 2. The molecule has 1 saturated heterocycles. The predicted molar refractivity (Wildman–Crippen MR) is 78.9 cm³/mol. The monoisotopic (exact) mass is 278 g/mol. The van der Waals surface area contributed by atoms with Crippen molar-refractivity contribution in [1.82, 2.24) is 14.7 Å². The molecule has 1 N–H and O–H groups in total. The summed E-state index contributed by atoms with van der Waals surface area (Å²) >= 11 is 0. The van der Waals surface area contributed by atoms with Crippen molar-refractivity contribution < 1.29 is 9.90 Å². The third-order valence-corrected chi connectivity index (χ3v) is 3.82. The van der Waals surface area contributed by atoms with E-state index in [4.69, 9.17) is 5.11 Å². The second-order valence-corrected chi connectivity index (χ2v) is 5.47. The Labute approximate surface area is 119 Å². The number of anilines is 1. The van der Waals surface area contributed by atoms with Crippen LogP contribution in [-0.4, -0.2) is 59.0 Å². The van der Waals surface area contributed by atoms with Crippen molar-refractivity contribution in [2.45, 2.75) is 19.4 Å². The molecule has 0 aromatic carbocycles. The standard InChI is InChI=1S/C14H22N4O2/c1-10-12(5-6-13(19)20)14(17(4)15-10)18-8-7-11(9-18)16(2)3/h5-6,11H,7-9H2,1-4H3,(H,19,20). The molecule has 0 bridgehead atoms. The van der Waals surface area contributed by atoms with E-state index in [2.05, 4.69) is 29.0 Å². The van der Waals surface area contributed by atoms with E-state index in [0.717, 1.165) is 36.6 Å². The topological polar surface area (TPSA) is 61.6 Å². The molecule has 1 unspecified atom stereocenters. The molecule has 20 heavy (non-hydrogen) atoms. The van der Waals surface area contributed by atoms with Gasteiger partial charge in [-0.3, -0.25) is 4.68 Å². The molecule has 1 aromatic rings. The molecule has 0 radical (unpaired) electrons. The van der Waals surface area contributed by atoms with Gasteiger partial charge in [0.1, 0.15) is 5.82 Å². The Bertz CT molecular complexity index is 534. The lowest BCUT2D eigenvalue weighted by Crippen LogP contribution is -2.32. The van der Waals surface area contributed by atoms with Crippen LogP contribution in [0.1, 0.15) is 17.7 Å². The summed E-state index contributed by atoms with van der Waals surface area (Å²) < 4.78 is 1.84. The fourth-order valence-corrected chi connectivity index (χ4v) is 2.74. The Kier molecular flexibility index (Phi) is 4.13. The van der Waals surface area contributed by atoms with Crippen molar-refractivity contribution in [2.75, 3.05) is 32.1 Å². The fourth-order valence-electron chi connectivity index (χ4n) is 2.74. The molecule has 1 aliphatic rings. The molecule has 6 nitrogen and oxygen atoms in total. The first-order valence-electron chi connectivity index (χ1n) is 6.76. The van der Waals surface area contributed by atoms with Gasteiger partial charge < -0.3 is 14.9 Å². The normalized spacial score (nSPS) is 19.4. The van der Waals surface area contributed by atoms with Gasteiger partial charge in [0.2, 0.25) is 0 Å². The minimum atomic E-state index is -0.938. The average molecular weight is 278 g/mol. The quantitative estimate of drug-likeness (QED) is 0.831. The third kappa shape index (κ3) is 2.85. The highest BCUT2D eigenvalue weighted by atomic mass is 16.4. The molecule has 110 valence electrons. The van der Waals surface area contributed by atoms with Crippen molar-refractivity contribution in [2.24, 2.45) is 7.05 Å². The molecular formula is C14H22N4O2. The number of carboxylic acids is 1. The minimum absolute atomic E-state index is 0.529. The summed E-state index contributed by atoms with van der Waals surface area (Å²) in [5.41, 5.74) is 1.75. The molecule has 2 heterocycles. The zero-order chi connectivity index (χ0) is 14.9. The van der Waals surface area contributed by atoms with Crippen LogP contribution >= 0.6 is 0 Å². The van der Waals surface area contributed by atoms with Gasteiger partial charge in [0.15, 0.2) is 0 Å². The van der Waals surface area contributed by atoms with Crippen LogP contribution in [0.5, 0.6) is 0 Å². The van der Waals surface area contributed by atoms with Crippen LogP contribution in [-0.2, 0) is 11.8 Å². The second-order valence-electron chi connectivity index (χ2n) is 5.47. The lowest BCUT2D eigenvalue weighted by molar-refractivity contribution is -0.131. The Balaban J connectivity index is 2.30. The zero-order valence-electron chi connectivity index (χ0n) is 12.5. The van der Waals surface area contributed by atoms with E-state index in [1.54, 1.807) is 6.08 Å². The van der Waals surface area contributed by atoms with Gasteiger partial charge in [-0.2, -0.15) is 5.10 Å². The summed E-state index contributed by atoms with van der Waals surface area (Å²) in [7, 11) is 6.09. The number of carbonyl (C=O) groups is 1. The SMILES string of the molecule is Cc1nn(C)c(N2CCC(N(C)C)C2)c1C=CC(=O)O. The number of hydrogen-bond acceptors (Lipinski definition) is 4. The number of hydrogen-bond donors (Lipinski definition) is 1. The number of nitrogens with zero attached hydrogens (tertiary/aromatic N) is 4. The Hall–Kier alpha value is -1.82. The molecule has 6 heteroatoms. The molecule has 1 aliphatic heterocycles. The van der Waals surface area contributed by atoms with Crippen molar-refractivity contribution in [3.05, 3.63) is 17.3 Å². The van der Waals surface area contributed by atoms with E-state index in [1.807, 2.05) is 18.7 Å². The highest BCUT2D eigenvalue weighted by Gasteiger charge is 2.28. The van der Waals surface area contributed by atoms with E-state index in [-0.39, 0.29) is 0 Å². The van der Waals surface area contributed by atoms with Gasteiger partial charge >= 0.3 is 5.97 Å². The van der Waals surface area contributed by atoms with Crippen LogP contribution in [0.3, 0.4) is 0 Å². The molecule has 0 spiro atoms. The highest BCUT2D eigenvalue weighted by molar-refractivity contribution is 5.87. The molecular weight excluding hydrogens is 256 g/mol. The first-order chi connectivity index (χ1) is 9.40. The van der Waals surface area contributed by atoms with Gasteiger partial charge in [-0.05, 0) is 33.5 Å². The minimum Gasteiger partial charge on any atom is -0.478 e. The van der Waals surface area contributed by atoms with E-state index in [9.17, 15) is 4.79 Å². The molecule has 1 fully saturated rings. The second kappa shape index (κ2) is 5.66. The smallest absolute Gasteiger partial charge is 0.328 e. The van der Waals surface area contributed by atoms with Crippen molar-refractivity contribution in [1.29, 1.82) is 0 Å². The van der Waals surface area contributed by atoms with Gasteiger partial charge in [0.25, 0.3) is 0 Å². The maximum atomic E-state index is 10.7. The number of aromatic nitrogens is 2. The van der Waals surface area contributed by atoms with E-state index in [0.29, 0.717) is 6.04 Å². The van der Waals surface area contributed by atoms with Crippen molar-refractivity contribution in [3.8, 4) is 0 Å². The van der Waals surface area contributed by atoms with Crippen LogP contribution in [0.25, 0.3) is 6.08 Å². The largest absolute Gasteiger partial charge is 0.478 e. The maximum absolute atomic E-state index is 10.7. The summed E-state index contributed by atoms with van der Waals surface area (Å²) in [6.07, 6.45) is 3.93. The Morgan fingerprint density at radius 1 is 1.50 bits per heavy atom. The number of likely N-dealkylation sites (N-methyl/N-ethyl adjacent to an activating group) is 1. The van der Waals surface area contributed by atoms with Gasteiger partial charge in [0, 0.05) is 37.8 Å². The van der Waals surface area contributed by atoms with E-state index in [1.165, 1.54) is 6.08 Å². The molecule has 1 atom stereocenters. The lowest BCUT2D eigenvalue weighted by Gasteiger charge is -2.22. The summed E-state index contributed by atoms with van der Waals surface area (Å²) in [6, 6.07) is 0.529. The van der Waals surface area contributed by atoms with Gasteiger partial charge in [0.05, 0.1) is 5.69 Å². The van der Waals surface area contributed by atoms with Gasteiger partial charge in [-0.1, -0.05) is 0 Å². The average Bonchev–Trinajstić information content (AvgIpc) is 2.91. The predicted octanol–water partition coefficient (Wildman–Crippen LogP) is 0.967. The third-order valence-electron chi connectivity index (χ3n) is 3.82. The summed E-state index contributed by atoms with van der Waals surface area (Å²) in [4.78, 5) is 15.2. The number of carboxylic acid groups (broad SMARTS) is 1. The van der Waals surface area contributed by atoms with E-state index >= 15 is 0 Å². The van der Waals surface area contributed by atoms with Gasteiger partial charge in [-0.25, -0.2) is 4.79 Å². The Morgan fingerprint density at radius 2 is 2.20 bits per heavy atom. The zero-order valence-corrected chi connectivity index (χ0v) is 12.5. The molecule has 0 amide bonds. The number of aliphatic carboxylic acids is 1. The first kappa shape index (κ1) is 14.6. The van der Waals surface area contributed by atoms with Crippen LogP contribution in [0.2, 0.25) is 0 Å². The van der Waals surface area contributed by atoms with Gasteiger partial charge in [-0.15, -0.1) is 0 Å². The lowest BCUT2D eigenvalue weighted by atomic mass is 10.2. The van der Waals surface area contributed by atoms with Crippen molar-refractivity contribution in [3.63, 3.8) is 0 Å². The molecule has 1 aromatic heterocycles. The number of rotatable bonds is 4. The summed E-state index contributed by atoms with van der Waals surface area (Å²) in [6.45, 7) is 3.82. The van der Waals surface area contributed by atoms with E-state index < -0.39 is 5.97 Å². The van der Waals surface area contributed by atoms with Crippen LogP contribution < -0.4 is 4.90 Å². The highest BCUT2D eigenvalue weighted by Crippen LogP contribution is 2.28. The van der Waals surface area contributed by atoms with Crippen LogP contribution in [0.4, 0.5) is 5.82 Å². The van der Waals surface area contributed by atoms with Crippen LogP contribution in [0.15, 0.2) is 6.08 Å². The maximum Gasteiger partial charge on any atom is 0.328 e. The Morgan fingerprint density at radius 3 is 2.75 bits per heavy atom. The molecule has 0 saturated carbocycles. The summed E-state index contributed by atoms with van der Waals surface area (Å²) in [5.74, 6) is 0.0659. The first-order valence-corrected chi connectivity index (χ1v) is 6.76. The molecule has 2 rings (SSSR count).